The zero-order chi connectivity index (χ0) is 37.6. The van der Waals surface area contributed by atoms with Crippen LogP contribution in [0.1, 0.15) is 135 Å². The van der Waals surface area contributed by atoms with E-state index in [0.717, 1.165) is 69.4 Å². The van der Waals surface area contributed by atoms with Gasteiger partial charge in [0.15, 0.2) is 0 Å². The molecule has 5 nitrogen and oxygen atoms in total. The quantitative estimate of drug-likeness (QED) is 0.294. The molecule has 2 N–H and O–H groups in total. The van der Waals surface area contributed by atoms with Crippen LogP contribution in [0.5, 0.6) is 0 Å². The summed E-state index contributed by atoms with van der Waals surface area (Å²) in [7, 11) is 0. The molecule has 1 aromatic carbocycles. The Morgan fingerprint density at radius 2 is 1.62 bits per heavy atom. The van der Waals surface area contributed by atoms with Crippen molar-refractivity contribution in [3.63, 3.8) is 0 Å². The van der Waals surface area contributed by atoms with E-state index in [1.807, 2.05) is 0 Å². The summed E-state index contributed by atoms with van der Waals surface area (Å²) in [6.45, 7) is 18.9. The van der Waals surface area contributed by atoms with Crippen molar-refractivity contribution in [1.82, 2.24) is 10.2 Å². The number of allylic oxidation sites excluding steroid dienone is 2. The van der Waals surface area contributed by atoms with Gasteiger partial charge in [0.05, 0.1) is 11.0 Å². The predicted molar refractivity (Wildman–Crippen MR) is 199 cm³/mol. The van der Waals surface area contributed by atoms with Gasteiger partial charge in [-0.05, 0) is 133 Å². The highest BCUT2D eigenvalue weighted by Gasteiger charge is 2.71. The molecule has 0 aromatic heterocycles. The molecular formula is C44H63F3N2O3. The molecule has 7 rings (SSSR count). The average molecular weight is 725 g/mol. The van der Waals surface area contributed by atoms with Crippen molar-refractivity contribution in [1.29, 1.82) is 0 Å². The second kappa shape index (κ2) is 12.9. The number of aromatic carboxylic acids is 1. The number of carboxylic acids is 1. The zero-order valence-corrected chi connectivity index (χ0v) is 32.7. The van der Waals surface area contributed by atoms with Gasteiger partial charge in [0, 0.05) is 44.6 Å². The van der Waals surface area contributed by atoms with E-state index in [9.17, 15) is 23.5 Å². The molecule has 1 aromatic rings. The van der Waals surface area contributed by atoms with Crippen LogP contribution in [0.25, 0.3) is 5.57 Å². The van der Waals surface area contributed by atoms with Gasteiger partial charge in [0.1, 0.15) is 5.82 Å². The van der Waals surface area contributed by atoms with Crippen LogP contribution in [0.2, 0.25) is 0 Å². The molecule has 4 saturated carbocycles. The summed E-state index contributed by atoms with van der Waals surface area (Å²) < 4.78 is 43.0. The molecule has 5 fully saturated rings. The number of nitrogens with zero attached hydrogens (tertiary/aromatic N) is 1. The maximum absolute atomic E-state index is 15.5. The van der Waals surface area contributed by atoms with Crippen molar-refractivity contribution in [3.8, 4) is 0 Å². The third kappa shape index (κ3) is 5.64. The Hall–Kier alpha value is -2.35. The van der Waals surface area contributed by atoms with Gasteiger partial charge in [0.2, 0.25) is 5.91 Å². The number of carbonyl (C=O) groups is 2. The van der Waals surface area contributed by atoms with Gasteiger partial charge in [-0.3, -0.25) is 4.79 Å². The zero-order valence-electron chi connectivity index (χ0n) is 32.7. The largest absolute Gasteiger partial charge is 0.478 e. The molecule has 1 saturated heterocycles. The van der Waals surface area contributed by atoms with E-state index < -0.39 is 17.7 Å². The molecule has 8 heteroatoms. The minimum absolute atomic E-state index is 0.0261. The Labute approximate surface area is 309 Å². The molecule has 1 heterocycles. The second-order valence-electron chi connectivity index (χ2n) is 19.8. The van der Waals surface area contributed by atoms with Gasteiger partial charge >= 0.3 is 5.97 Å². The number of fused-ring (bicyclic) bond motifs is 7. The van der Waals surface area contributed by atoms with Crippen LogP contribution >= 0.6 is 0 Å². The Balaban J connectivity index is 1.14. The topological polar surface area (TPSA) is 69.6 Å². The minimum Gasteiger partial charge on any atom is -0.478 e. The number of halogens is 3. The monoisotopic (exact) mass is 724 g/mol. The molecule has 52 heavy (non-hydrogen) atoms. The van der Waals surface area contributed by atoms with Crippen LogP contribution in [0.15, 0.2) is 24.3 Å². The summed E-state index contributed by atoms with van der Waals surface area (Å²) >= 11 is 0. The molecule has 9 atom stereocenters. The lowest BCUT2D eigenvalue weighted by molar-refractivity contribution is -0.227. The molecule has 0 unspecified atom stereocenters. The van der Waals surface area contributed by atoms with E-state index in [4.69, 9.17) is 0 Å². The number of nitrogens with one attached hydrogen (secondary N) is 1. The van der Waals surface area contributed by atoms with Crippen molar-refractivity contribution in [3.05, 3.63) is 41.2 Å². The average Bonchev–Trinajstić information content (AvgIpc) is 3.47. The van der Waals surface area contributed by atoms with E-state index in [2.05, 4.69) is 64.8 Å². The van der Waals surface area contributed by atoms with E-state index in [1.54, 1.807) is 6.07 Å². The lowest BCUT2D eigenvalue weighted by atomic mass is 9.32. The lowest BCUT2D eigenvalue weighted by Gasteiger charge is -2.72. The van der Waals surface area contributed by atoms with Crippen molar-refractivity contribution in [2.45, 2.75) is 125 Å². The van der Waals surface area contributed by atoms with Crippen LogP contribution in [0.4, 0.5) is 13.2 Å². The highest BCUT2D eigenvalue weighted by Crippen LogP contribution is 2.77. The van der Waals surface area contributed by atoms with Crippen LogP contribution in [0.3, 0.4) is 0 Å². The van der Waals surface area contributed by atoms with Gasteiger partial charge in [-0.2, -0.15) is 0 Å². The normalized spacial score (nSPS) is 40.9. The van der Waals surface area contributed by atoms with Gasteiger partial charge in [-0.15, -0.1) is 0 Å². The van der Waals surface area contributed by atoms with Crippen LogP contribution in [-0.2, 0) is 4.79 Å². The maximum Gasteiger partial charge on any atom is 0.335 e. The molecule has 0 spiro atoms. The van der Waals surface area contributed by atoms with Gasteiger partial charge in [-0.1, -0.05) is 60.6 Å². The number of amides is 1. The van der Waals surface area contributed by atoms with E-state index >= 15 is 4.39 Å². The fraction of sp³-hybridized carbons (Fsp3) is 0.773. The number of carboxylic acid groups (broad SMARTS) is 1. The minimum atomic E-state index is -2.56. The maximum atomic E-state index is 15.5. The van der Waals surface area contributed by atoms with Gasteiger partial charge in [0.25, 0.3) is 5.92 Å². The van der Waals surface area contributed by atoms with Crippen LogP contribution in [-0.4, -0.2) is 54.0 Å². The van der Waals surface area contributed by atoms with E-state index in [0.29, 0.717) is 67.2 Å². The first-order valence-corrected chi connectivity index (χ1v) is 20.4. The highest BCUT2D eigenvalue weighted by molar-refractivity contribution is 5.88. The first-order valence-electron chi connectivity index (χ1n) is 20.4. The summed E-state index contributed by atoms with van der Waals surface area (Å²) in [6.07, 6.45) is 11.4. The number of carbonyl (C=O) groups excluding carboxylic acids is 1. The van der Waals surface area contributed by atoms with E-state index in [1.165, 1.54) is 6.07 Å². The second-order valence-corrected chi connectivity index (χ2v) is 19.8. The number of likely N-dealkylation sites (tertiary alicyclic amines) is 1. The predicted octanol–water partition coefficient (Wildman–Crippen LogP) is 10.1. The van der Waals surface area contributed by atoms with Gasteiger partial charge in [-0.25, -0.2) is 18.0 Å². The number of rotatable bonds is 7. The summed E-state index contributed by atoms with van der Waals surface area (Å²) in [5, 5.41) is 12.8. The molecule has 1 amide bonds. The number of piperidine rings is 1. The SMILES string of the molecule is CC(C)[C@@H]1CC[C@]2(C(=O)NCCN3CCC(F)(F)CC3)CC[C@]3(C)[C@H](CC[C@@H]4[C@@]5(C)CC=C(c6ccc(C(=O)O)cc6F)C(C)(C)[C@@H]5CC[C@]43C)[C@@H]12. The standard InChI is InChI=1S/C44H63F3N2O3/c1-27(2)29-12-17-43(38(52)48-22-25-49-23-20-44(46,47)21-24-49)19-18-41(6)32(36(29)43)10-11-35-40(5)15-13-31(30-9-8-28(37(50)51)26-33(30)45)39(3,4)34(40)14-16-42(35,41)7/h8-9,13,26-27,29,32,34-36H,10-12,14-25H2,1-7H3,(H,48,52)(H,50,51)/t29-,32+,34-,35+,36+,40-,41+,42+,43-/m0/s1. The lowest BCUT2D eigenvalue weighted by Crippen LogP contribution is -2.66. The first kappa shape index (κ1) is 37.9. The summed E-state index contributed by atoms with van der Waals surface area (Å²) in [6, 6.07) is 4.36. The molecule has 1 aliphatic heterocycles. The Morgan fingerprint density at radius 3 is 2.27 bits per heavy atom. The number of hydrogen-bond acceptors (Lipinski definition) is 3. The molecule has 288 valence electrons. The third-order valence-electron chi connectivity index (χ3n) is 17.2. The fourth-order valence-electron chi connectivity index (χ4n) is 14.3. The van der Waals surface area contributed by atoms with Crippen molar-refractivity contribution in [2.75, 3.05) is 26.2 Å². The number of alkyl halides is 2. The molecule has 0 radical (unpaired) electrons. The Morgan fingerprint density at radius 1 is 0.904 bits per heavy atom. The fourth-order valence-corrected chi connectivity index (χ4v) is 14.3. The smallest absolute Gasteiger partial charge is 0.335 e. The number of benzene rings is 1. The number of hydrogen-bond donors (Lipinski definition) is 2. The van der Waals surface area contributed by atoms with E-state index in [-0.39, 0.29) is 51.4 Å². The first-order chi connectivity index (χ1) is 24.3. The van der Waals surface area contributed by atoms with Gasteiger partial charge < -0.3 is 15.3 Å². The summed E-state index contributed by atoms with van der Waals surface area (Å²) in [5.41, 5.74) is 1.13. The Kier molecular flexibility index (Phi) is 9.39. The van der Waals surface area contributed by atoms with Crippen LogP contribution in [0, 0.1) is 68.4 Å². The molecule has 6 aliphatic rings. The van der Waals surface area contributed by atoms with Crippen LogP contribution < -0.4 is 5.32 Å². The Bertz CT molecular complexity index is 1610. The van der Waals surface area contributed by atoms with Crippen molar-refractivity contribution >= 4 is 17.4 Å². The van der Waals surface area contributed by atoms with Crippen molar-refractivity contribution in [2.24, 2.45) is 62.6 Å². The molecule has 0 bridgehead atoms. The third-order valence-corrected chi connectivity index (χ3v) is 17.2. The summed E-state index contributed by atoms with van der Waals surface area (Å²) in [5.74, 6) is -1.23. The summed E-state index contributed by atoms with van der Waals surface area (Å²) in [4.78, 5) is 28.1. The van der Waals surface area contributed by atoms with Crippen molar-refractivity contribution < 1.29 is 27.9 Å². The molecular weight excluding hydrogens is 661 g/mol. The highest BCUT2D eigenvalue weighted by atomic mass is 19.3. The molecule has 5 aliphatic carbocycles.